The molecule has 0 saturated heterocycles. The monoisotopic (exact) mass is 378 g/mol. The fraction of sp³-hybridized carbons (Fsp3) is 0.118. The molecule has 0 bridgehead atoms. The summed E-state index contributed by atoms with van der Waals surface area (Å²) in [6.07, 6.45) is -2.86. The standard InChI is InChI=1S/C17H13F3N4OS/c18-17(19,20)11-4-3-5-12(8-11)22-15(25)9-13-10-26-16(23-13)24-14-6-1-2-7-21-14/h1-8,10H,9H2,(H,22,25)(H,21,23,24). The Kier molecular flexibility index (Phi) is 5.17. The first-order valence-electron chi connectivity index (χ1n) is 7.50. The lowest BCUT2D eigenvalue weighted by Crippen LogP contribution is -2.15. The summed E-state index contributed by atoms with van der Waals surface area (Å²) in [5, 5.41) is 7.75. The number of halogens is 3. The Morgan fingerprint density at radius 2 is 2.00 bits per heavy atom. The van der Waals surface area contributed by atoms with Crippen LogP contribution in [0.4, 0.5) is 29.8 Å². The van der Waals surface area contributed by atoms with Crippen molar-refractivity contribution in [1.29, 1.82) is 0 Å². The molecule has 0 unspecified atom stereocenters. The zero-order valence-electron chi connectivity index (χ0n) is 13.2. The molecule has 0 aliphatic rings. The molecule has 0 saturated carbocycles. The van der Waals surface area contributed by atoms with Gasteiger partial charge in [0.15, 0.2) is 5.13 Å². The highest BCUT2D eigenvalue weighted by Crippen LogP contribution is 2.30. The second-order valence-electron chi connectivity index (χ2n) is 5.29. The normalized spacial score (nSPS) is 11.2. The van der Waals surface area contributed by atoms with Crippen LogP contribution in [0.1, 0.15) is 11.3 Å². The molecular formula is C17H13F3N4OS. The number of carbonyl (C=O) groups excluding carboxylic acids is 1. The predicted molar refractivity (Wildman–Crippen MR) is 93.4 cm³/mol. The van der Waals surface area contributed by atoms with E-state index in [1.54, 1.807) is 23.7 Å². The molecular weight excluding hydrogens is 365 g/mol. The number of hydrogen-bond donors (Lipinski definition) is 2. The molecule has 1 amide bonds. The molecule has 9 heteroatoms. The van der Waals surface area contributed by atoms with E-state index in [4.69, 9.17) is 0 Å². The fourth-order valence-electron chi connectivity index (χ4n) is 2.13. The summed E-state index contributed by atoms with van der Waals surface area (Å²) < 4.78 is 38.1. The number of nitrogens with one attached hydrogen (secondary N) is 2. The van der Waals surface area contributed by atoms with Crippen molar-refractivity contribution in [2.75, 3.05) is 10.6 Å². The minimum atomic E-state index is -4.46. The van der Waals surface area contributed by atoms with Gasteiger partial charge in [0, 0.05) is 17.3 Å². The summed E-state index contributed by atoms with van der Waals surface area (Å²) in [7, 11) is 0. The SMILES string of the molecule is O=C(Cc1csc(Nc2ccccn2)n1)Nc1cccc(C(F)(F)F)c1. The number of hydrogen-bond acceptors (Lipinski definition) is 5. The van der Waals surface area contributed by atoms with E-state index in [-0.39, 0.29) is 12.1 Å². The summed E-state index contributed by atoms with van der Waals surface area (Å²) in [6.45, 7) is 0. The van der Waals surface area contributed by atoms with E-state index in [1.165, 1.54) is 23.5 Å². The molecule has 0 aliphatic heterocycles. The Balaban J connectivity index is 1.60. The zero-order chi connectivity index (χ0) is 18.6. The minimum absolute atomic E-state index is 0.0450. The molecule has 0 radical (unpaired) electrons. The highest BCUT2D eigenvalue weighted by Gasteiger charge is 2.30. The lowest BCUT2D eigenvalue weighted by molar-refractivity contribution is -0.137. The van der Waals surface area contributed by atoms with Gasteiger partial charge in [-0.25, -0.2) is 9.97 Å². The Hall–Kier alpha value is -2.94. The van der Waals surface area contributed by atoms with E-state index < -0.39 is 17.6 Å². The van der Waals surface area contributed by atoms with Gasteiger partial charge in [0.25, 0.3) is 0 Å². The predicted octanol–water partition coefficient (Wildman–Crippen LogP) is 4.48. The van der Waals surface area contributed by atoms with Crippen LogP contribution in [0, 0.1) is 0 Å². The molecule has 0 fully saturated rings. The number of rotatable bonds is 5. The van der Waals surface area contributed by atoms with Gasteiger partial charge in [-0.3, -0.25) is 4.79 Å². The number of thiazole rings is 1. The number of pyridine rings is 1. The van der Waals surface area contributed by atoms with E-state index >= 15 is 0 Å². The van der Waals surface area contributed by atoms with Crippen molar-refractivity contribution in [2.24, 2.45) is 0 Å². The molecule has 134 valence electrons. The molecule has 2 aromatic heterocycles. The zero-order valence-corrected chi connectivity index (χ0v) is 14.1. The number of alkyl halides is 3. The largest absolute Gasteiger partial charge is 0.416 e. The van der Waals surface area contributed by atoms with E-state index in [1.807, 2.05) is 6.07 Å². The molecule has 0 spiro atoms. The van der Waals surface area contributed by atoms with E-state index in [0.717, 1.165) is 12.1 Å². The highest BCUT2D eigenvalue weighted by atomic mass is 32.1. The van der Waals surface area contributed by atoms with E-state index in [2.05, 4.69) is 20.6 Å². The highest BCUT2D eigenvalue weighted by molar-refractivity contribution is 7.13. The van der Waals surface area contributed by atoms with Crippen LogP contribution >= 0.6 is 11.3 Å². The van der Waals surface area contributed by atoms with Crippen LogP contribution in [-0.2, 0) is 17.4 Å². The first-order chi connectivity index (χ1) is 12.4. The lowest BCUT2D eigenvalue weighted by Gasteiger charge is -2.09. The van der Waals surface area contributed by atoms with Crippen LogP contribution in [0.5, 0.6) is 0 Å². The average molecular weight is 378 g/mol. The Morgan fingerprint density at radius 1 is 1.15 bits per heavy atom. The summed E-state index contributed by atoms with van der Waals surface area (Å²) in [5.74, 6) is 0.181. The van der Waals surface area contributed by atoms with Crippen LogP contribution in [0.15, 0.2) is 54.0 Å². The molecule has 2 heterocycles. The van der Waals surface area contributed by atoms with E-state index in [9.17, 15) is 18.0 Å². The molecule has 1 aromatic carbocycles. The topological polar surface area (TPSA) is 66.9 Å². The summed E-state index contributed by atoms with van der Waals surface area (Å²) in [6, 6.07) is 9.89. The van der Waals surface area contributed by atoms with Gasteiger partial charge in [-0.05, 0) is 30.3 Å². The van der Waals surface area contributed by atoms with Gasteiger partial charge in [-0.15, -0.1) is 11.3 Å². The second kappa shape index (κ2) is 7.52. The third-order valence-corrected chi connectivity index (χ3v) is 4.07. The van der Waals surface area contributed by atoms with E-state index in [0.29, 0.717) is 16.6 Å². The van der Waals surface area contributed by atoms with Crippen molar-refractivity contribution in [3.05, 3.63) is 65.3 Å². The average Bonchev–Trinajstić information content (AvgIpc) is 3.02. The minimum Gasteiger partial charge on any atom is -0.326 e. The van der Waals surface area contributed by atoms with Crippen LogP contribution in [0.3, 0.4) is 0 Å². The van der Waals surface area contributed by atoms with Crippen molar-refractivity contribution in [3.8, 4) is 0 Å². The van der Waals surface area contributed by atoms with Crippen LogP contribution in [0.25, 0.3) is 0 Å². The quantitative estimate of drug-likeness (QED) is 0.687. The van der Waals surface area contributed by atoms with Gasteiger partial charge < -0.3 is 10.6 Å². The number of carbonyl (C=O) groups is 1. The van der Waals surface area contributed by atoms with Crippen molar-refractivity contribution in [3.63, 3.8) is 0 Å². The first kappa shape index (κ1) is 17.9. The van der Waals surface area contributed by atoms with Gasteiger partial charge in [-0.1, -0.05) is 12.1 Å². The summed E-state index contributed by atoms with van der Waals surface area (Å²) in [5.41, 5.74) is -0.212. The maximum absolute atomic E-state index is 12.7. The van der Waals surface area contributed by atoms with Gasteiger partial charge in [-0.2, -0.15) is 13.2 Å². The van der Waals surface area contributed by atoms with Gasteiger partial charge in [0.05, 0.1) is 17.7 Å². The Bertz CT molecular complexity index is 896. The van der Waals surface area contributed by atoms with Crippen molar-refractivity contribution >= 4 is 33.9 Å². The second-order valence-corrected chi connectivity index (χ2v) is 6.15. The van der Waals surface area contributed by atoms with Crippen molar-refractivity contribution in [1.82, 2.24) is 9.97 Å². The van der Waals surface area contributed by atoms with Crippen LogP contribution in [0.2, 0.25) is 0 Å². The van der Waals surface area contributed by atoms with Crippen LogP contribution in [-0.4, -0.2) is 15.9 Å². The van der Waals surface area contributed by atoms with Gasteiger partial charge in [0.2, 0.25) is 5.91 Å². The number of aromatic nitrogens is 2. The summed E-state index contributed by atoms with van der Waals surface area (Å²) in [4.78, 5) is 20.4. The first-order valence-corrected chi connectivity index (χ1v) is 8.38. The Labute approximate surface area is 150 Å². The summed E-state index contributed by atoms with van der Waals surface area (Å²) >= 11 is 1.31. The number of benzene rings is 1. The van der Waals surface area contributed by atoms with Crippen molar-refractivity contribution in [2.45, 2.75) is 12.6 Å². The van der Waals surface area contributed by atoms with Crippen molar-refractivity contribution < 1.29 is 18.0 Å². The molecule has 26 heavy (non-hydrogen) atoms. The third kappa shape index (κ3) is 4.79. The molecule has 2 N–H and O–H groups in total. The third-order valence-electron chi connectivity index (χ3n) is 3.27. The number of nitrogens with zero attached hydrogens (tertiary/aromatic N) is 2. The van der Waals surface area contributed by atoms with Crippen LogP contribution < -0.4 is 10.6 Å². The number of amides is 1. The maximum Gasteiger partial charge on any atom is 0.416 e. The molecule has 0 aliphatic carbocycles. The number of anilines is 3. The van der Waals surface area contributed by atoms with Gasteiger partial charge in [0.1, 0.15) is 5.82 Å². The fourth-order valence-corrected chi connectivity index (χ4v) is 2.85. The molecule has 3 aromatic rings. The lowest BCUT2D eigenvalue weighted by atomic mass is 10.2. The maximum atomic E-state index is 12.7. The molecule has 0 atom stereocenters. The molecule has 5 nitrogen and oxygen atoms in total. The Morgan fingerprint density at radius 3 is 2.73 bits per heavy atom. The van der Waals surface area contributed by atoms with Gasteiger partial charge >= 0.3 is 6.18 Å². The molecule has 3 rings (SSSR count). The smallest absolute Gasteiger partial charge is 0.326 e.